The molecular formula is C15H14N4O. The predicted octanol–water partition coefficient (Wildman–Crippen LogP) is 1.97. The lowest BCUT2D eigenvalue weighted by molar-refractivity contribution is 0.0947. The summed E-state index contributed by atoms with van der Waals surface area (Å²) < 4.78 is 1.77. The zero-order valence-electron chi connectivity index (χ0n) is 11.1. The highest BCUT2D eigenvalue weighted by atomic mass is 16.1. The summed E-state index contributed by atoms with van der Waals surface area (Å²) in [6.07, 6.45) is 6.79. The maximum atomic E-state index is 12.2. The first kappa shape index (κ1) is 12.3. The van der Waals surface area contributed by atoms with Gasteiger partial charge in [0, 0.05) is 31.3 Å². The van der Waals surface area contributed by atoms with Crippen molar-refractivity contribution in [3.63, 3.8) is 0 Å². The van der Waals surface area contributed by atoms with E-state index < -0.39 is 0 Å². The molecule has 1 aromatic carbocycles. The minimum absolute atomic E-state index is 0.219. The summed E-state index contributed by atoms with van der Waals surface area (Å²) in [5, 5.41) is 2.87. The monoisotopic (exact) mass is 266 g/mol. The van der Waals surface area contributed by atoms with E-state index in [9.17, 15) is 4.79 Å². The predicted molar refractivity (Wildman–Crippen MR) is 75.3 cm³/mol. The molecule has 0 fully saturated rings. The Hall–Kier alpha value is -2.69. The van der Waals surface area contributed by atoms with Crippen molar-refractivity contribution in [2.45, 2.75) is 13.5 Å². The Bertz CT molecular complexity index is 763. The van der Waals surface area contributed by atoms with Gasteiger partial charge in [0.05, 0.1) is 0 Å². The van der Waals surface area contributed by atoms with Crippen LogP contribution in [0.3, 0.4) is 0 Å². The number of carbonyl (C=O) groups is 1. The molecule has 20 heavy (non-hydrogen) atoms. The van der Waals surface area contributed by atoms with Gasteiger partial charge in [-0.05, 0) is 12.5 Å². The summed E-state index contributed by atoms with van der Waals surface area (Å²) in [4.78, 5) is 20.4. The van der Waals surface area contributed by atoms with Gasteiger partial charge >= 0.3 is 0 Å². The van der Waals surface area contributed by atoms with E-state index >= 15 is 0 Å². The lowest BCUT2D eigenvalue weighted by Gasteiger charge is -2.06. The van der Waals surface area contributed by atoms with E-state index in [1.165, 1.54) is 5.56 Å². The molecule has 0 radical (unpaired) electrons. The van der Waals surface area contributed by atoms with Crippen LogP contribution in [-0.4, -0.2) is 20.3 Å². The summed E-state index contributed by atoms with van der Waals surface area (Å²) in [5.41, 5.74) is 3.14. The molecule has 5 heteroatoms. The van der Waals surface area contributed by atoms with Crippen molar-refractivity contribution >= 4 is 11.6 Å². The first-order valence-corrected chi connectivity index (χ1v) is 6.35. The minimum atomic E-state index is -0.219. The van der Waals surface area contributed by atoms with Gasteiger partial charge < -0.3 is 9.72 Å². The van der Waals surface area contributed by atoms with E-state index in [4.69, 9.17) is 0 Å². The minimum Gasteiger partial charge on any atom is -0.347 e. The van der Waals surface area contributed by atoms with Crippen molar-refractivity contribution in [2.24, 2.45) is 0 Å². The molecule has 0 spiro atoms. The van der Waals surface area contributed by atoms with Crippen molar-refractivity contribution in [1.29, 1.82) is 0 Å². The maximum absolute atomic E-state index is 12.2. The van der Waals surface area contributed by atoms with Gasteiger partial charge in [-0.15, -0.1) is 0 Å². The van der Waals surface area contributed by atoms with Crippen LogP contribution >= 0.6 is 0 Å². The first-order chi connectivity index (χ1) is 9.74. The second-order valence-electron chi connectivity index (χ2n) is 4.61. The van der Waals surface area contributed by atoms with Crippen LogP contribution in [0.5, 0.6) is 0 Å². The fourth-order valence-electron chi connectivity index (χ4n) is 2.10. The maximum Gasteiger partial charge on any atom is 0.274 e. The molecule has 0 aliphatic rings. The van der Waals surface area contributed by atoms with E-state index in [2.05, 4.69) is 15.3 Å². The Kier molecular flexibility index (Phi) is 3.16. The van der Waals surface area contributed by atoms with Crippen LogP contribution in [0.2, 0.25) is 0 Å². The van der Waals surface area contributed by atoms with Crippen LogP contribution in [0.4, 0.5) is 0 Å². The second-order valence-corrected chi connectivity index (χ2v) is 4.61. The smallest absolute Gasteiger partial charge is 0.274 e. The Labute approximate surface area is 116 Å². The molecular weight excluding hydrogens is 252 g/mol. The highest BCUT2D eigenvalue weighted by Gasteiger charge is 2.12. The van der Waals surface area contributed by atoms with Gasteiger partial charge in [-0.25, -0.2) is 9.97 Å². The summed E-state index contributed by atoms with van der Waals surface area (Å²) >= 11 is 0. The number of hydrogen-bond donors (Lipinski definition) is 1. The van der Waals surface area contributed by atoms with Crippen LogP contribution in [-0.2, 0) is 6.54 Å². The van der Waals surface area contributed by atoms with Crippen molar-refractivity contribution in [3.8, 4) is 0 Å². The molecule has 2 aromatic heterocycles. The number of aromatic nitrogens is 3. The number of carbonyl (C=O) groups excluding carboxylic acids is 1. The number of rotatable bonds is 3. The van der Waals surface area contributed by atoms with Gasteiger partial charge in [0.1, 0.15) is 0 Å². The van der Waals surface area contributed by atoms with Crippen LogP contribution in [0.15, 0.2) is 49.1 Å². The normalized spacial score (nSPS) is 10.7. The molecule has 1 amide bonds. The van der Waals surface area contributed by atoms with E-state index in [-0.39, 0.29) is 5.91 Å². The SMILES string of the molecule is Cc1cccc(CNC(=O)c2nccn3ccnc23)c1. The average Bonchev–Trinajstić information content (AvgIpc) is 2.93. The Balaban J connectivity index is 1.78. The van der Waals surface area contributed by atoms with Crippen LogP contribution < -0.4 is 5.32 Å². The Morgan fingerprint density at radius 1 is 1.25 bits per heavy atom. The van der Waals surface area contributed by atoms with Gasteiger partial charge in [-0.1, -0.05) is 29.8 Å². The summed E-state index contributed by atoms with van der Waals surface area (Å²) in [6, 6.07) is 8.03. The lowest BCUT2D eigenvalue weighted by atomic mass is 10.1. The molecule has 0 saturated carbocycles. The van der Waals surface area contributed by atoms with Crippen molar-refractivity contribution < 1.29 is 4.79 Å². The summed E-state index contributed by atoms with van der Waals surface area (Å²) in [6.45, 7) is 2.50. The van der Waals surface area contributed by atoms with Crippen LogP contribution in [0.25, 0.3) is 5.65 Å². The third-order valence-electron chi connectivity index (χ3n) is 3.06. The highest BCUT2D eigenvalue weighted by molar-refractivity contribution is 5.97. The number of nitrogens with one attached hydrogen (secondary N) is 1. The van der Waals surface area contributed by atoms with Crippen molar-refractivity contribution in [2.75, 3.05) is 0 Å². The summed E-state index contributed by atoms with van der Waals surface area (Å²) in [7, 11) is 0. The zero-order valence-corrected chi connectivity index (χ0v) is 11.1. The fraction of sp³-hybridized carbons (Fsp3) is 0.133. The van der Waals surface area contributed by atoms with Crippen LogP contribution in [0.1, 0.15) is 21.6 Å². The molecule has 0 saturated heterocycles. The van der Waals surface area contributed by atoms with Crippen molar-refractivity contribution in [3.05, 3.63) is 65.9 Å². The number of amides is 1. The molecule has 0 bridgehead atoms. The molecule has 0 aliphatic carbocycles. The second kappa shape index (κ2) is 5.13. The third kappa shape index (κ3) is 2.38. The molecule has 0 unspecified atom stereocenters. The number of nitrogens with zero attached hydrogens (tertiary/aromatic N) is 3. The molecule has 3 aromatic rings. The van der Waals surface area contributed by atoms with Gasteiger partial charge in [-0.3, -0.25) is 4.79 Å². The number of benzene rings is 1. The third-order valence-corrected chi connectivity index (χ3v) is 3.06. The lowest BCUT2D eigenvalue weighted by Crippen LogP contribution is -2.24. The van der Waals surface area contributed by atoms with Crippen LogP contribution in [0, 0.1) is 6.92 Å². The molecule has 2 heterocycles. The fourth-order valence-corrected chi connectivity index (χ4v) is 2.10. The van der Waals surface area contributed by atoms with E-state index in [1.807, 2.05) is 31.2 Å². The zero-order chi connectivity index (χ0) is 13.9. The van der Waals surface area contributed by atoms with Gasteiger partial charge in [0.25, 0.3) is 5.91 Å². The highest BCUT2D eigenvalue weighted by Crippen LogP contribution is 2.07. The van der Waals surface area contributed by atoms with E-state index in [0.717, 1.165) is 5.56 Å². The molecule has 0 aliphatic heterocycles. The molecule has 3 rings (SSSR count). The number of imidazole rings is 1. The van der Waals surface area contributed by atoms with Gasteiger partial charge in [0.15, 0.2) is 11.3 Å². The number of fused-ring (bicyclic) bond motifs is 1. The molecule has 0 atom stereocenters. The van der Waals surface area contributed by atoms with Gasteiger partial charge in [-0.2, -0.15) is 0 Å². The van der Waals surface area contributed by atoms with Crippen molar-refractivity contribution in [1.82, 2.24) is 19.7 Å². The molecule has 5 nitrogen and oxygen atoms in total. The largest absolute Gasteiger partial charge is 0.347 e. The molecule has 100 valence electrons. The standard InChI is InChI=1S/C15H14N4O/c1-11-3-2-4-12(9-11)10-18-15(20)13-14-17-6-8-19(14)7-5-16-13/h2-9H,10H2,1H3,(H,18,20). The number of hydrogen-bond acceptors (Lipinski definition) is 3. The number of aryl methyl sites for hydroxylation is 1. The Morgan fingerprint density at radius 2 is 2.05 bits per heavy atom. The summed E-state index contributed by atoms with van der Waals surface area (Å²) in [5.74, 6) is -0.219. The average molecular weight is 266 g/mol. The Morgan fingerprint density at radius 3 is 2.85 bits per heavy atom. The first-order valence-electron chi connectivity index (χ1n) is 6.35. The van der Waals surface area contributed by atoms with Gasteiger partial charge in [0.2, 0.25) is 0 Å². The molecule has 1 N–H and O–H groups in total. The van der Waals surface area contributed by atoms with E-state index in [1.54, 1.807) is 29.2 Å². The quantitative estimate of drug-likeness (QED) is 0.788. The topological polar surface area (TPSA) is 59.3 Å². The van der Waals surface area contributed by atoms with E-state index in [0.29, 0.717) is 17.9 Å².